The molecule has 0 radical (unpaired) electrons. The Morgan fingerprint density at radius 3 is 1.88 bits per heavy atom. The van der Waals surface area contributed by atoms with Crippen molar-refractivity contribution in [2.24, 2.45) is 0 Å². The zero-order valence-electron chi connectivity index (χ0n) is 8.46. The summed E-state index contributed by atoms with van der Waals surface area (Å²) in [6.45, 7) is 1.42. The number of amides is 2. The minimum absolute atomic E-state index is 0.154. The maximum atomic E-state index is 11.1. The van der Waals surface area contributed by atoms with Crippen LogP contribution in [0, 0.1) is 0 Å². The maximum Gasteiger partial charge on any atom is 0.257 e. The Morgan fingerprint density at radius 1 is 1.06 bits per heavy atom. The molecule has 0 fully saturated rings. The molecule has 4 nitrogen and oxygen atoms in total. The van der Waals surface area contributed by atoms with E-state index in [0.29, 0.717) is 11.4 Å². The van der Waals surface area contributed by atoms with Gasteiger partial charge in [-0.25, -0.2) is 0 Å². The third-order valence-corrected chi connectivity index (χ3v) is 2.07. The van der Waals surface area contributed by atoms with Gasteiger partial charge in [0.05, 0.1) is 0 Å². The van der Waals surface area contributed by atoms with Gasteiger partial charge in [0.25, 0.3) is 5.91 Å². The lowest BCUT2D eigenvalue weighted by Crippen LogP contribution is -2.18. The van der Waals surface area contributed by atoms with Gasteiger partial charge in [-0.2, -0.15) is 0 Å². The number of benzene rings is 1. The number of halogens is 2. The second-order valence-electron chi connectivity index (χ2n) is 3.05. The molecule has 0 saturated heterocycles. The summed E-state index contributed by atoms with van der Waals surface area (Å²) in [4.78, 5) is 20.8. The molecule has 0 unspecified atom stereocenters. The molecule has 16 heavy (non-hydrogen) atoms. The van der Waals surface area contributed by atoms with Crippen LogP contribution in [0.25, 0.3) is 0 Å². The second kappa shape index (κ2) is 5.72. The van der Waals surface area contributed by atoms with E-state index in [-0.39, 0.29) is 5.91 Å². The van der Waals surface area contributed by atoms with Crippen LogP contribution in [0.15, 0.2) is 24.3 Å². The topological polar surface area (TPSA) is 58.2 Å². The number of hydrogen-bond acceptors (Lipinski definition) is 2. The highest BCUT2D eigenvalue weighted by Crippen LogP contribution is 2.14. The van der Waals surface area contributed by atoms with Gasteiger partial charge in [0.2, 0.25) is 5.91 Å². The fraction of sp³-hybridized carbons (Fsp3) is 0.200. The molecule has 2 N–H and O–H groups in total. The van der Waals surface area contributed by atoms with E-state index in [4.69, 9.17) is 23.2 Å². The van der Waals surface area contributed by atoms with E-state index < -0.39 is 10.7 Å². The van der Waals surface area contributed by atoms with Gasteiger partial charge in [0.1, 0.15) is 0 Å². The lowest BCUT2D eigenvalue weighted by molar-refractivity contribution is -0.115. The highest BCUT2D eigenvalue weighted by atomic mass is 35.5. The Hall–Kier alpha value is -1.26. The van der Waals surface area contributed by atoms with E-state index in [1.807, 2.05) is 0 Å². The third kappa shape index (κ3) is 4.08. The first kappa shape index (κ1) is 12.8. The fourth-order valence-electron chi connectivity index (χ4n) is 1.04. The number of carbonyl (C=O) groups is 2. The van der Waals surface area contributed by atoms with E-state index in [1.165, 1.54) is 6.92 Å². The Balaban J connectivity index is 2.64. The Kier molecular flexibility index (Phi) is 4.58. The Bertz CT molecular complexity index is 390. The highest BCUT2D eigenvalue weighted by Gasteiger charge is 2.10. The summed E-state index contributed by atoms with van der Waals surface area (Å²) in [5, 5.41) is 5.11. The summed E-state index contributed by atoms with van der Waals surface area (Å²) in [5.41, 5.74) is 1.21. The molecule has 1 rings (SSSR count). The van der Waals surface area contributed by atoms with Crippen molar-refractivity contribution in [1.82, 2.24) is 0 Å². The van der Waals surface area contributed by atoms with E-state index in [0.717, 1.165) is 0 Å². The van der Waals surface area contributed by atoms with Gasteiger partial charge in [-0.15, -0.1) is 0 Å². The van der Waals surface area contributed by atoms with Crippen LogP contribution in [0.4, 0.5) is 11.4 Å². The molecular weight excluding hydrogens is 251 g/mol. The van der Waals surface area contributed by atoms with Gasteiger partial charge in [-0.3, -0.25) is 9.59 Å². The molecule has 0 aliphatic heterocycles. The maximum absolute atomic E-state index is 11.1. The molecule has 0 saturated carbocycles. The van der Waals surface area contributed by atoms with Crippen LogP contribution in [0.1, 0.15) is 6.92 Å². The van der Waals surface area contributed by atoms with Gasteiger partial charge in [-0.05, 0) is 24.3 Å². The number of anilines is 2. The van der Waals surface area contributed by atoms with Gasteiger partial charge in [-0.1, -0.05) is 23.2 Å². The monoisotopic (exact) mass is 260 g/mol. The van der Waals surface area contributed by atoms with E-state index >= 15 is 0 Å². The van der Waals surface area contributed by atoms with Gasteiger partial charge in [0.15, 0.2) is 4.84 Å². The van der Waals surface area contributed by atoms with Crippen molar-refractivity contribution in [3.8, 4) is 0 Å². The molecule has 0 bridgehead atoms. The van der Waals surface area contributed by atoms with Crippen molar-refractivity contribution >= 4 is 46.4 Å². The normalized spacial score (nSPS) is 10.0. The summed E-state index contributed by atoms with van der Waals surface area (Å²) in [6.07, 6.45) is 0. The predicted molar refractivity (Wildman–Crippen MR) is 64.9 cm³/mol. The van der Waals surface area contributed by atoms with E-state index in [2.05, 4.69) is 10.6 Å². The summed E-state index contributed by atoms with van der Waals surface area (Å²) < 4.78 is 0. The molecule has 0 aromatic heterocycles. The van der Waals surface area contributed by atoms with Gasteiger partial charge in [0, 0.05) is 18.3 Å². The molecule has 0 spiro atoms. The van der Waals surface area contributed by atoms with Gasteiger partial charge < -0.3 is 10.6 Å². The minimum Gasteiger partial charge on any atom is -0.326 e. The van der Waals surface area contributed by atoms with Crippen molar-refractivity contribution in [3.05, 3.63) is 24.3 Å². The summed E-state index contributed by atoms with van der Waals surface area (Å²) in [5.74, 6) is -0.644. The first-order valence-electron chi connectivity index (χ1n) is 4.45. The van der Waals surface area contributed by atoms with E-state index in [9.17, 15) is 9.59 Å². The lowest BCUT2D eigenvalue weighted by atomic mass is 10.3. The minimum atomic E-state index is -1.10. The van der Waals surface area contributed by atoms with Crippen LogP contribution >= 0.6 is 23.2 Å². The summed E-state index contributed by atoms with van der Waals surface area (Å²) in [7, 11) is 0. The van der Waals surface area contributed by atoms with Crippen LogP contribution in [0.2, 0.25) is 0 Å². The van der Waals surface area contributed by atoms with Crippen molar-refractivity contribution in [1.29, 1.82) is 0 Å². The van der Waals surface area contributed by atoms with Crippen LogP contribution in [-0.4, -0.2) is 16.7 Å². The summed E-state index contributed by atoms with van der Waals surface area (Å²) in [6, 6.07) is 6.60. The van der Waals surface area contributed by atoms with Crippen molar-refractivity contribution in [2.75, 3.05) is 10.6 Å². The third-order valence-electron chi connectivity index (χ3n) is 1.67. The second-order valence-corrected chi connectivity index (χ2v) is 4.14. The average molecular weight is 261 g/mol. The first-order valence-corrected chi connectivity index (χ1v) is 5.33. The predicted octanol–water partition coefficient (Wildman–Crippen LogP) is 2.39. The van der Waals surface area contributed by atoms with Crippen molar-refractivity contribution < 1.29 is 9.59 Å². The number of rotatable bonds is 3. The average Bonchev–Trinajstić information content (AvgIpc) is 2.20. The smallest absolute Gasteiger partial charge is 0.257 e. The Labute approximate surface area is 103 Å². The molecule has 6 heteroatoms. The van der Waals surface area contributed by atoms with Crippen LogP contribution in [0.5, 0.6) is 0 Å². The largest absolute Gasteiger partial charge is 0.326 e. The van der Waals surface area contributed by atoms with Gasteiger partial charge >= 0.3 is 0 Å². The van der Waals surface area contributed by atoms with Crippen LogP contribution in [-0.2, 0) is 9.59 Å². The van der Waals surface area contributed by atoms with Crippen LogP contribution in [0.3, 0.4) is 0 Å². The zero-order valence-corrected chi connectivity index (χ0v) is 9.97. The molecule has 1 aromatic rings. The molecule has 0 aliphatic carbocycles. The van der Waals surface area contributed by atoms with Crippen molar-refractivity contribution in [3.63, 3.8) is 0 Å². The molecule has 2 amide bonds. The number of nitrogens with one attached hydrogen (secondary N) is 2. The number of alkyl halides is 2. The molecule has 0 heterocycles. The standard InChI is InChI=1S/C10H10Cl2N2O2/c1-6(15)13-7-2-4-8(5-3-7)14-10(16)9(11)12/h2-5,9H,1H3,(H,13,15)(H,14,16). The lowest BCUT2D eigenvalue weighted by Gasteiger charge is -2.06. The van der Waals surface area contributed by atoms with Crippen molar-refractivity contribution in [2.45, 2.75) is 11.8 Å². The molecule has 0 aliphatic rings. The number of carbonyl (C=O) groups excluding carboxylic acids is 2. The Morgan fingerprint density at radius 2 is 1.50 bits per heavy atom. The molecular formula is C10H10Cl2N2O2. The van der Waals surface area contributed by atoms with E-state index in [1.54, 1.807) is 24.3 Å². The quantitative estimate of drug-likeness (QED) is 0.821. The molecule has 0 atom stereocenters. The molecule has 86 valence electrons. The zero-order chi connectivity index (χ0) is 12.1. The fourth-order valence-corrected chi connectivity index (χ4v) is 1.15. The number of hydrogen-bond donors (Lipinski definition) is 2. The molecule has 1 aromatic carbocycles. The van der Waals surface area contributed by atoms with Crippen LogP contribution < -0.4 is 10.6 Å². The first-order chi connectivity index (χ1) is 7.49. The summed E-state index contributed by atoms with van der Waals surface area (Å²) >= 11 is 10.7. The SMILES string of the molecule is CC(=O)Nc1ccc(NC(=O)C(Cl)Cl)cc1. The highest BCUT2D eigenvalue weighted by molar-refractivity contribution is 6.54.